The van der Waals surface area contributed by atoms with E-state index in [4.69, 9.17) is 0 Å². The fraction of sp³-hybridized carbons (Fsp3) is 0.320. The van der Waals surface area contributed by atoms with Crippen LogP contribution >= 0.6 is 0 Å². The van der Waals surface area contributed by atoms with E-state index in [-0.39, 0.29) is 5.91 Å². The first-order chi connectivity index (χ1) is 15.6. The number of imidazole rings is 1. The monoisotopic (exact) mass is 430 g/mol. The van der Waals surface area contributed by atoms with Gasteiger partial charge in [-0.25, -0.2) is 4.98 Å². The highest BCUT2D eigenvalue weighted by molar-refractivity contribution is 5.80. The van der Waals surface area contributed by atoms with Crippen molar-refractivity contribution in [3.05, 3.63) is 77.7 Å². The molecule has 7 heteroatoms. The molecule has 3 aromatic rings. The van der Waals surface area contributed by atoms with E-state index >= 15 is 0 Å². The Bertz CT molecular complexity index is 1050. The highest BCUT2D eigenvalue weighted by Gasteiger charge is 2.22. The van der Waals surface area contributed by atoms with Gasteiger partial charge in [0.15, 0.2) is 5.96 Å². The molecule has 0 fully saturated rings. The number of rotatable bonds is 7. The quantitative estimate of drug-likeness (QED) is 0.342. The van der Waals surface area contributed by atoms with Crippen molar-refractivity contribution in [2.24, 2.45) is 4.99 Å². The lowest BCUT2D eigenvalue weighted by Gasteiger charge is -2.21. The fourth-order valence-corrected chi connectivity index (χ4v) is 4.00. The zero-order valence-electron chi connectivity index (χ0n) is 18.7. The lowest BCUT2D eigenvalue weighted by Crippen LogP contribution is -2.39. The molecule has 1 aliphatic heterocycles. The third kappa shape index (κ3) is 5.17. The van der Waals surface area contributed by atoms with Gasteiger partial charge in [0.05, 0.1) is 18.4 Å². The van der Waals surface area contributed by atoms with E-state index in [0.717, 1.165) is 42.6 Å². The topological polar surface area (TPSA) is 76.6 Å². The number of carbonyl (C=O) groups excluding carboxylic acids is 1. The molecule has 1 aliphatic rings. The van der Waals surface area contributed by atoms with Crippen LogP contribution in [0.2, 0.25) is 0 Å². The predicted octanol–water partition coefficient (Wildman–Crippen LogP) is 3.41. The van der Waals surface area contributed by atoms with Gasteiger partial charge in [0.2, 0.25) is 5.91 Å². The Hall–Kier alpha value is -3.61. The van der Waals surface area contributed by atoms with Crippen molar-refractivity contribution < 1.29 is 4.79 Å². The van der Waals surface area contributed by atoms with Crippen molar-refractivity contribution in [3.63, 3.8) is 0 Å². The lowest BCUT2D eigenvalue weighted by molar-refractivity contribution is -0.131. The molecule has 4 rings (SSSR count). The van der Waals surface area contributed by atoms with Crippen molar-refractivity contribution in [3.8, 4) is 11.3 Å². The highest BCUT2D eigenvalue weighted by atomic mass is 16.2. The van der Waals surface area contributed by atoms with Crippen molar-refractivity contribution in [1.82, 2.24) is 25.1 Å². The summed E-state index contributed by atoms with van der Waals surface area (Å²) in [5.74, 6) is 1.86. The minimum Gasteiger partial charge on any atom is -0.356 e. The van der Waals surface area contributed by atoms with Crippen molar-refractivity contribution in [1.29, 1.82) is 0 Å². The number of H-pyrrole nitrogens is 1. The standard InChI is InChI=1S/C25H30N6O/c1-26-25(30(2)18-23-28-15-22(29-23)19-9-4-3-5-10-19)27-14-8-13-24(32)31-16-20-11-6-7-12-21(20)17-31/h3-7,9-12,15H,8,13-14,16-18H2,1-2H3,(H,26,27)(H,28,29). The first-order valence-corrected chi connectivity index (χ1v) is 11.0. The summed E-state index contributed by atoms with van der Waals surface area (Å²) in [7, 11) is 3.75. The third-order valence-electron chi connectivity index (χ3n) is 5.72. The molecule has 0 atom stereocenters. The minimum atomic E-state index is 0.204. The summed E-state index contributed by atoms with van der Waals surface area (Å²) in [5, 5.41) is 3.35. The van der Waals surface area contributed by atoms with Crippen LogP contribution in [-0.2, 0) is 24.4 Å². The van der Waals surface area contributed by atoms with Crippen LogP contribution in [0.15, 0.2) is 65.8 Å². The number of amides is 1. The van der Waals surface area contributed by atoms with Crippen LogP contribution in [0.1, 0.15) is 29.8 Å². The van der Waals surface area contributed by atoms with Gasteiger partial charge in [-0.05, 0) is 23.1 Å². The summed E-state index contributed by atoms with van der Waals surface area (Å²) in [6, 6.07) is 18.4. The normalized spacial score (nSPS) is 13.2. The van der Waals surface area contributed by atoms with Gasteiger partial charge in [-0.1, -0.05) is 54.6 Å². The molecule has 7 nitrogen and oxygen atoms in total. The first-order valence-electron chi connectivity index (χ1n) is 11.0. The van der Waals surface area contributed by atoms with Crippen molar-refractivity contribution in [2.75, 3.05) is 20.6 Å². The van der Waals surface area contributed by atoms with E-state index in [2.05, 4.69) is 44.5 Å². The molecule has 0 bridgehead atoms. The fourth-order valence-electron chi connectivity index (χ4n) is 4.00. The number of benzene rings is 2. The van der Waals surface area contributed by atoms with Crippen LogP contribution in [0.5, 0.6) is 0 Å². The second-order valence-corrected chi connectivity index (χ2v) is 8.06. The van der Waals surface area contributed by atoms with E-state index in [1.54, 1.807) is 7.05 Å². The number of aliphatic imine (C=N–C) groups is 1. The first kappa shape index (κ1) is 21.6. The molecule has 2 aromatic carbocycles. The third-order valence-corrected chi connectivity index (χ3v) is 5.72. The van der Waals surface area contributed by atoms with Crippen LogP contribution in [0, 0.1) is 0 Å². The van der Waals surface area contributed by atoms with Crippen LogP contribution in [0.4, 0.5) is 0 Å². The summed E-state index contributed by atoms with van der Waals surface area (Å²) < 4.78 is 0. The number of aromatic amines is 1. The Morgan fingerprint density at radius 3 is 2.50 bits per heavy atom. The summed E-state index contributed by atoms with van der Waals surface area (Å²) in [5.41, 5.74) is 4.63. The van der Waals surface area contributed by atoms with Gasteiger partial charge >= 0.3 is 0 Å². The number of hydrogen-bond donors (Lipinski definition) is 2. The molecule has 1 amide bonds. The van der Waals surface area contributed by atoms with E-state index in [9.17, 15) is 4.79 Å². The molecule has 0 unspecified atom stereocenters. The molecule has 0 saturated heterocycles. The molecule has 0 aliphatic carbocycles. The molecule has 32 heavy (non-hydrogen) atoms. The maximum atomic E-state index is 12.6. The van der Waals surface area contributed by atoms with Crippen LogP contribution in [0.3, 0.4) is 0 Å². The molecule has 2 heterocycles. The van der Waals surface area contributed by atoms with Crippen LogP contribution < -0.4 is 5.32 Å². The van der Waals surface area contributed by atoms with Gasteiger partial charge in [0.25, 0.3) is 0 Å². The number of aromatic nitrogens is 2. The summed E-state index contributed by atoms with van der Waals surface area (Å²) >= 11 is 0. The maximum absolute atomic E-state index is 12.6. The molecule has 0 radical (unpaired) electrons. The second-order valence-electron chi connectivity index (χ2n) is 8.06. The van der Waals surface area contributed by atoms with Crippen molar-refractivity contribution >= 4 is 11.9 Å². The summed E-state index contributed by atoms with van der Waals surface area (Å²) in [4.78, 5) is 28.8. The molecule has 2 N–H and O–H groups in total. The van der Waals surface area contributed by atoms with Crippen LogP contribution in [-0.4, -0.2) is 52.3 Å². The Morgan fingerprint density at radius 2 is 1.81 bits per heavy atom. The Kier molecular flexibility index (Phi) is 6.84. The summed E-state index contributed by atoms with van der Waals surface area (Å²) in [6.07, 6.45) is 3.15. The molecular weight excluding hydrogens is 400 g/mol. The molecule has 0 spiro atoms. The van der Waals surface area contributed by atoms with Gasteiger partial charge in [0, 0.05) is 40.2 Å². The largest absolute Gasteiger partial charge is 0.356 e. The zero-order chi connectivity index (χ0) is 22.3. The van der Waals surface area contributed by atoms with Gasteiger partial charge in [-0.2, -0.15) is 0 Å². The van der Waals surface area contributed by atoms with Gasteiger partial charge < -0.3 is 20.1 Å². The Labute approximate surface area is 189 Å². The van der Waals surface area contributed by atoms with E-state index < -0.39 is 0 Å². The Balaban J connectivity index is 1.21. The molecule has 1 aromatic heterocycles. The van der Waals surface area contributed by atoms with Gasteiger partial charge in [-0.3, -0.25) is 9.79 Å². The summed E-state index contributed by atoms with van der Waals surface area (Å²) in [6.45, 7) is 2.75. The SMILES string of the molecule is CN=C(NCCCC(=O)N1Cc2ccccc2C1)N(C)Cc1ncc(-c2ccccc2)[nH]1. The van der Waals surface area contributed by atoms with E-state index in [1.807, 2.05) is 53.4 Å². The number of hydrogen-bond acceptors (Lipinski definition) is 3. The minimum absolute atomic E-state index is 0.204. The van der Waals surface area contributed by atoms with E-state index in [0.29, 0.717) is 19.5 Å². The number of fused-ring (bicyclic) bond motifs is 1. The lowest BCUT2D eigenvalue weighted by atomic mass is 10.1. The average molecular weight is 431 g/mol. The van der Waals surface area contributed by atoms with Crippen molar-refractivity contribution in [2.45, 2.75) is 32.5 Å². The number of guanidine groups is 1. The Morgan fingerprint density at radius 1 is 1.12 bits per heavy atom. The van der Waals surface area contributed by atoms with Crippen LogP contribution in [0.25, 0.3) is 11.3 Å². The van der Waals surface area contributed by atoms with E-state index in [1.165, 1.54) is 11.1 Å². The second kappa shape index (κ2) is 10.1. The number of carbonyl (C=O) groups is 1. The smallest absolute Gasteiger partial charge is 0.223 e. The van der Waals surface area contributed by atoms with Gasteiger partial charge in [0.1, 0.15) is 5.82 Å². The van der Waals surface area contributed by atoms with Gasteiger partial charge in [-0.15, -0.1) is 0 Å². The molecule has 0 saturated carbocycles. The number of nitrogens with one attached hydrogen (secondary N) is 2. The average Bonchev–Trinajstić information content (AvgIpc) is 3.46. The maximum Gasteiger partial charge on any atom is 0.223 e. The zero-order valence-corrected chi connectivity index (χ0v) is 18.7. The molecule has 166 valence electrons. The highest BCUT2D eigenvalue weighted by Crippen LogP contribution is 2.23. The molecular formula is C25H30N6O. The number of nitrogens with zero attached hydrogens (tertiary/aromatic N) is 4. The predicted molar refractivity (Wildman–Crippen MR) is 127 cm³/mol.